The number of fused-ring (bicyclic) bond motifs is 1. The van der Waals surface area contributed by atoms with Crippen LogP contribution in [0.1, 0.15) is 11.1 Å². The fourth-order valence-corrected chi connectivity index (χ4v) is 2.22. The molecule has 0 radical (unpaired) electrons. The molecule has 1 aromatic heterocycles. The lowest BCUT2D eigenvalue weighted by Crippen LogP contribution is -1.96. The van der Waals surface area contributed by atoms with Gasteiger partial charge in [0.25, 0.3) is 0 Å². The van der Waals surface area contributed by atoms with Gasteiger partial charge in [-0.15, -0.1) is 0 Å². The molecule has 0 aliphatic carbocycles. The second-order valence-corrected chi connectivity index (χ2v) is 4.34. The summed E-state index contributed by atoms with van der Waals surface area (Å²) in [5.74, 6) is 0.940. The zero-order chi connectivity index (χ0) is 11.8. The number of hydrogen-bond acceptors (Lipinski definition) is 3. The van der Waals surface area contributed by atoms with Crippen LogP contribution in [0.4, 0.5) is 5.69 Å². The molecule has 1 aromatic carbocycles. The molecule has 2 N–H and O–H groups in total. The highest BCUT2D eigenvalue weighted by Crippen LogP contribution is 2.37. The van der Waals surface area contributed by atoms with Crippen LogP contribution in [0.2, 0.25) is 0 Å². The van der Waals surface area contributed by atoms with Crippen LogP contribution in [0.15, 0.2) is 30.5 Å². The summed E-state index contributed by atoms with van der Waals surface area (Å²) in [5.41, 5.74) is 10.9. The van der Waals surface area contributed by atoms with Crippen molar-refractivity contribution < 1.29 is 4.74 Å². The van der Waals surface area contributed by atoms with Crippen LogP contribution in [0, 0.1) is 6.92 Å². The lowest BCUT2D eigenvalue weighted by Gasteiger charge is -2.10. The van der Waals surface area contributed by atoms with E-state index in [2.05, 4.69) is 11.1 Å². The average Bonchev–Trinajstić information content (AvgIpc) is 2.77. The van der Waals surface area contributed by atoms with E-state index in [-0.39, 0.29) is 0 Å². The van der Waals surface area contributed by atoms with Crippen molar-refractivity contribution in [2.75, 3.05) is 12.3 Å². The number of ether oxygens (including phenoxy) is 1. The fourth-order valence-electron chi connectivity index (χ4n) is 2.22. The molecule has 1 aliphatic heterocycles. The zero-order valence-electron chi connectivity index (χ0n) is 9.73. The summed E-state index contributed by atoms with van der Waals surface area (Å²) >= 11 is 0. The summed E-state index contributed by atoms with van der Waals surface area (Å²) in [6.07, 6.45) is 2.80. The number of anilines is 1. The third-order valence-corrected chi connectivity index (χ3v) is 3.02. The Kier molecular flexibility index (Phi) is 2.25. The third kappa shape index (κ3) is 1.64. The molecule has 0 saturated carbocycles. The molecule has 2 heterocycles. The molecule has 0 saturated heterocycles. The predicted molar refractivity (Wildman–Crippen MR) is 68.0 cm³/mol. The van der Waals surface area contributed by atoms with Crippen molar-refractivity contribution in [3.8, 4) is 17.0 Å². The van der Waals surface area contributed by atoms with Crippen molar-refractivity contribution in [2.24, 2.45) is 0 Å². The van der Waals surface area contributed by atoms with E-state index in [4.69, 9.17) is 10.5 Å². The first-order chi connectivity index (χ1) is 8.25. The minimum atomic E-state index is 0.703. The number of benzene rings is 1. The Morgan fingerprint density at radius 3 is 3.06 bits per heavy atom. The third-order valence-electron chi connectivity index (χ3n) is 3.02. The molecular formula is C14H14N2O. The van der Waals surface area contributed by atoms with Crippen LogP contribution in [-0.4, -0.2) is 11.6 Å². The smallest absolute Gasteiger partial charge is 0.132 e. The van der Waals surface area contributed by atoms with Crippen LogP contribution < -0.4 is 10.5 Å². The summed E-state index contributed by atoms with van der Waals surface area (Å²) in [5, 5.41) is 0. The number of nitrogens with zero attached hydrogens (tertiary/aromatic N) is 1. The maximum Gasteiger partial charge on any atom is 0.132 e. The fraction of sp³-hybridized carbons (Fsp3) is 0.214. The van der Waals surface area contributed by atoms with Gasteiger partial charge in [0, 0.05) is 18.2 Å². The average molecular weight is 226 g/mol. The van der Waals surface area contributed by atoms with Gasteiger partial charge in [0.15, 0.2) is 0 Å². The molecule has 0 atom stereocenters. The lowest BCUT2D eigenvalue weighted by atomic mass is 10.0. The topological polar surface area (TPSA) is 48.1 Å². The lowest BCUT2D eigenvalue weighted by molar-refractivity contribution is 0.358. The van der Waals surface area contributed by atoms with Gasteiger partial charge in [-0.1, -0.05) is 12.1 Å². The maximum atomic E-state index is 6.03. The number of rotatable bonds is 1. The molecule has 1 aliphatic rings. The number of aromatic nitrogens is 1. The summed E-state index contributed by atoms with van der Waals surface area (Å²) < 4.78 is 5.67. The van der Waals surface area contributed by atoms with Crippen LogP contribution in [-0.2, 0) is 6.42 Å². The van der Waals surface area contributed by atoms with Crippen molar-refractivity contribution in [1.82, 2.24) is 4.98 Å². The number of aryl methyl sites for hydroxylation is 1. The van der Waals surface area contributed by atoms with E-state index in [1.54, 1.807) is 0 Å². The molecule has 3 heteroatoms. The Hall–Kier alpha value is -2.03. The van der Waals surface area contributed by atoms with Gasteiger partial charge in [0.2, 0.25) is 0 Å². The number of para-hydroxylation sites is 1. The molecule has 0 spiro atoms. The number of hydrogen-bond donors (Lipinski definition) is 1. The molecule has 3 nitrogen and oxygen atoms in total. The molecular weight excluding hydrogens is 212 g/mol. The van der Waals surface area contributed by atoms with Gasteiger partial charge >= 0.3 is 0 Å². The van der Waals surface area contributed by atoms with Gasteiger partial charge < -0.3 is 10.5 Å². The van der Waals surface area contributed by atoms with Crippen LogP contribution >= 0.6 is 0 Å². The molecule has 0 fully saturated rings. The highest BCUT2D eigenvalue weighted by molar-refractivity contribution is 5.78. The first-order valence-corrected chi connectivity index (χ1v) is 5.73. The van der Waals surface area contributed by atoms with E-state index in [9.17, 15) is 0 Å². The summed E-state index contributed by atoms with van der Waals surface area (Å²) in [4.78, 5) is 4.42. The van der Waals surface area contributed by atoms with Gasteiger partial charge in [-0.2, -0.15) is 0 Å². The van der Waals surface area contributed by atoms with Crippen LogP contribution in [0.5, 0.6) is 5.75 Å². The molecule has 3 rings (SSSR count). The van der Waals surface area contributed by atoms with E-state index in [1.165, 1.54) is 5.56 Å². The second kappa shape index (κ2) is 3.77. The zero-order valence-corrected chi connectivity index (χ0v) is 9.73. The van der Waals surface area contributed by atoms with Crippen molar-refractivity contribution in [2.45, 2.75) is 13.3 Å². The van der Waals surface area contributed by atoms with Crippen LogP contribution in [0.25, 0.3) is 11.3 Å². The minimum Gasteiger partial charge on any atom is -0.492 e. The van der Waals surface area contributed by atoms with E-state index >= 15 is 0 Å². The van der Waals surface area contributed by atoms with Crippen molar-refractivity contribution in [3.63, 3.8) is 0 Å². The van der Waals surface area contributed by atoms with Gasteiger partial charge in [-0.05, 0) is 30.2 Å². The number of nitrogen functional groups attached to an aromatic ring is 1. The largest absolute Gasteiger partial charge is 0.492 e. The Morgan fingerprint density at radius 2 is 2.24 bits per heavy atom. The molecule has 2 aromatic rings. The highest BCUT2D eigenvalue weighted by Gasteiger charge is 2.18. The minimum absolute atomic E-state index is 0.703. The SMILES string of the molecule is Cc1cnc(-c2cccc3c2OCC3)c(N)c1. The van der Waals surface area contributed by atoms with Crippen molar-refractivity contribution in [3.05, 3.63) is 41.6 Å². The van der Waals surface area contributed by atoms with Crippen molar-refractivity contribution >= 4 is 5.69 Å². The van der Waals surface area contributed by atoms with Gasteiger partial charge in [0.05, 0.1) is 18.0 Å². The van der Waals surface area contributed by atoms with Gasteiger partial charge in [-0.25, -0.2) is 0 Å². The quantitative estimate of drug-likeness (QED) is 0.813. The molecule has 17 heavy (non-hydrogen) atoms. The Bertz CT molecular complexity index is 578. The summed E-state index contributed by atoms with van der Waals surface area (Å²) in [6, 6.07) is 8.08. The molecule has 0 unspecified atom stereocenters. The monoisotopic (exact) mass is 226 g/mol. The standard InChI is InChI=1S/C14H14N2O/c1-9-7-12(15)13(16-8-9)11-4-2-3-10-5-6-17-14(10)11/h2-4,7-8H,5-6,15H2,1H3. The molecule has 86 valence electrons. The maximum absolute atomic E-state index is 6.03. The number of pyridine rings is 1. The van der Waals surface area contributed by atoms with Crippen LogP contribution in [0.3, 0.4) is 0 Å². The highest BCUT2D eigenvalue weighted by atomic mass is 16.5. The first-order valence-electron chi connectivity index (χ1n) is 5.73. The Morgan fingerprint density at radius 1 is 1.35 bits per heavy atom. The van der Waals surface area contributed by atoms with Gasteiger partial charge in [-0.3, -0.25) is 4.98 Å². The Labute approximate surface area is 100 Å². The normalized spacial score (nSPS) is 13.2. The Balaban J connectivity index is 2.19. The van der Waals surface area contributed by atoms with E-state index in [0.29, 0.717) is 5.69 Å². The molecule has 0 amide bonds. The van der Waals surface area contributed by atoms with E-state index < -0.39 is 0 Å². The van der Waals surface area contributed by atoms with E-state index in [0.717, 1.165) is 35.6 Å². The number of nitrogens with two attached hydrogens (primary N) is 1. The predicted octanol–water partition coefficient (Wildman–Crippen LogP) is 2.57. The molecule has 0 bridgehead atoms. The second-order valence-electron chi connectivity index (χ2n) is 4.34. The van der Waals surface area contributed by atoms with Gasteiger partial charge in [0.1, 0.15) is 5.75 Å². The van der Waals surface area contributed by atoms with Crippen molar-refractivity contribution in [1.29, 1.82) is 0 Å². The summed E-state index contributed by atoms with van der Waals surface area (Å²) in [6.45, 7) is 2.73. The van der Waals surface area contributed by atoms with E-state index in [1.807, 2.05) is 31.3 Å². The first kappa shape index (κ1) is 10.1. The summed E-state index contributed by atoms with van der Waals surface area (Å²) in [7, 11) is 0.